The maximum absolute atomic E-state index is 14.0. The van der Waals surface area contributed by atoms with E-state index in [1.807, 2.05) is 6.92 Å². The molecule has 1 aromatic carbocycles. The smallest absolute Gasteiger partial charge is 0.411 e. The number of hydrogen-bond donors (Lipinski definition) is 3. The molecule has 11 nitrogen and oxygen atoms in total. The Morgan fingerprint density at radius 3 is 2.41 bits per heavy atom. The van der Waals surface area contributed by atoms with Crippen molar-refractivity contribution in [3.63, 3.8) is 0 Å². The van der Waals surface area contributed by atoms with Gasteiger partial charge in [-0.3, -0.25) is 5.32 Å². The van der Waals surface area contributed by atoms with Crippen molar-refractivity contribution in [1.82, 2.24) is 4.90 Å². The maximum atomic E-state index is 14.0. The predicted molar refractivity (Wildman–Crippen MR) is 160 cm³/mol. The van der Waals surface area contributed by atoms with E-state index in [-0.39, 0.29) is 41.6 Å². The van der Waals surface area contributed by atoms with Crippen molar-refractivity contribution in [2.75, 3.05) is 47.3 Å². The fourth-order valence-corrected chi connectivity index (χ4v) is 11.1. The number of benzene rings is 1. The van der Waals surface area contributed by atoms with Crippen LogP contribution in [-0.4, -0.2) is 110 Å². The molecule has 0 heterocycles. The number of para-hydroxylation sites is 1. The molecule has 1 aromatic rings. The number of hydrogen-bond acceptors (Lipinski definition) is 10. The summed E-state index contributed by atoms with van der Waals surface area (Å²) in [6.45, 7) is 4.83. The van der Waals surface area contributed by atoms with Gasteiger partial charge in [0.15, 0.2) is 0 Å². The average Bonchev–Trinajstić information content (AvgIpc) is 3.51. The second-order valence-electron chi connectivity index (χ2n) is 13.9. The lowest BCUT2D eigenvalue weighted by Crippen LogP contribution is -2.80. The third-order valence-corrected chi connectivity index (χ3v) is 12.7. The number of carbonyl (C=O) groups excluding carboxylic acids is 2. The number of amides is 1. The van der Waals surface area contributed by atoms with Crippen molar-refractivity contribution in [3.8, 4) is 0 Å². The highest BCUT2D eigenvalue weighted by atomic mass is 16.6. The summed E-state index contributed by atoms with van der Waals surface area (Å²) < 4.78 is 29.7. The molecule has 5 aliphatic carbocycles. The van der Waals surface area contributed by atoms with Gasteiger partial charge in [-0.2, -0.15) is 0 Å². The van der Waals surface area contributed by atoms with Crippen molar-refractivity contribution in [2.45, 2.75) is 87.1 Å². The molecule has 5 saturated carbocycles. The number of rotatable bonds is 8. The van der Waals surface area contributed by atoms with Crippen molar-refractivity contribution in [1.29, 1.82) is 0 Å². The molecule has 5 fully saturated rings. The van der Waals surface area contributed by atoms with Gasteiger partial charge >= 0.3 is 12.1 Å². The van der Waals surface area contributed by atoms with Crippen molar-refractivity contribution < 1.29 is 43.5 Å². The number of fused-ring (bicyclic) bond motifs is 3. The molecule has 4 unspecified atom stereocenters. The van der Waals surface area contributed by atoms with Gasteiger partial charge in [0.1, 0.15) is 16.8 Å². The minimum atomic E-state index is -1.53. The van der Waals surface area contributed by atoms with Crippen LogP contribution in [0.1, 0.15) is 56.3 Å². The third kappa shape index (κ3) is 3.89. The van der Waals surface area contributed by atoms with E-state index in [2.05, 4.69) is 24.2 Å². The van der Waals surface area contributed by atoms with Crippen LogP contribution in [-0.2, 0) is 23.7 Å². The summed E-state index contributed by atoms with van der Waals surface area (Å²) in [5, 5.41) is 28.5. The van der Waals surface area contributed by atoms with E-state index in [0.29, 0.717) is 37.8 Å². The molecule has 4 bridgehead atoms. The van der Waals surface area contributed by atoms with Gasteiger partial charge in [0.25, 0.3) is 0 Å². The quantitative estimate of drug-likeness (QED) is 0.374. The van der Waals surface area contributed by atoms with E-state index in [1.54, 1.807) is 45.6 Å². The Balaban J connectivity index is 1.49. The van der Waals surface area contributed by atoms with Crippen molar-refractivity contribution in [3.05, 3.63) is 29.8 Å². The molecule has 6 rings (SSSR count). The second kappa shape index (κ2) is 10.9. The number of methoxy groups -OCH3 is 4. The average molecular weight is 617 g/mol. The summed E-state index contributed by atoms with van der Waals surface area (Å²) in [6.07, 6.45) is 0.814. The molecule has 1 amide bonds. The summed E-state index contributed by atoms with van der Waals surface area (Å²) in [4.78, 5) is 28.3. The Bertz CT molecular complexity index is 1300. The van der Waals surface area contributed by atoms with Crippen LogP contribution >= 0.6 is 0 Å². The van der Waals surface area contributed by atoms with Crippen LogP contribution in [0, 0.1) is 29.1 Å². The number of nitrogens with one attached hydrogen (secondary N) is 1. The van der Waals surface area contributed by atoms with Crippen LogP contribution in [0.3, 0.4) is 0 Å². The number of aliphatic hydroxyl groups is 2. The van der Waals surface area contributed by atoms with E-state index in [1.165, 1.54) is 7.11 Å². The molecule has 44 heavy (non-hydrogen) atoms. The molecule has 3 N–H and O–H groups in total. The fourth-order valence-electron chi connectivity index (χ4n) is 11.1. The minimum Gasteiger partial charge on any atom is -0.455 e. The Kier molecular flexibility index (Phi) is 7.86. The van der Waals surface area contributed by atoms with E-state index in [0.717, 1.165) is 6.54 Å². The summed E-state index contributed by atoms with van der Waals surface area (Å²) in [5.74, 6) is -1.64. The number of esters is 1. The van der Waals surface area contributed by atoms with Crippen LogP contribution in [0.15, 0.2) is 24.3 Å². The second-order valence-corrected chi connectivity index (χ2v) is 13.9. The Labute approximate surface area is 259 Å². The lowest BCUT2D eigenvalue weighted by molar-refractivity contribution is -0.325. The van der Waals surface area contributed by atoms with E-state index in [9.17, 15) is 19.8 Å². The SMILES string of the molecule is CCN(C)C1[C@@H]2CC3C1(C1C[C@@H]4[C@@H](OC)C[C@@]2(O)[C@@]1(O)[C@H]4OC)[C@@H](OC)CC[C@]3(C)OC(=O)c1ccccc1NC(=O)OC. The van der Waals surface area contributed by atoms with Gasteiger partial charge < -0.3 is 38.8 Å². The molecule has 0 aliphatic heterocycles. The topological polar surface area (TPSA) is 136 Å². The first-order valence-corrected chi connectivity index (χ1v) is 15.8. The molecular weight excluding hydrogens is 568 g/mol. The van der Waals surface area contributed by atoms with Gasteiger partial charge in [-0.1, -0.05) is 19.1 Å². The number of carbonyl (C=O) groups is 2. The van der Waals surface area contributed by atoms with Gasteiger partial charge in [-0.15, -0.1) is 0 Å². The fraction of sp³-hybridized carbons (Fsp3) is 0.758. The first-order chi connectivity index (χ1) is 20.9. The first kappa shape index (κ1) is 31.7. The molecule has 244 valence electrons. The Hall–Kier alpha value is -2.28. The zero-order valence-electron chi connectivity index (χ0n) is 26.9. The molecule has 0 radical (unpaired) electrons. The molecule has 12 atom stereocenters. The monoisotopic (exact) mass is 616 g/mol. The number of ether oxygens (including phenoxy) is 5. The molecule has 5 aliphatic rings. The Morgan fingerprint density at radius 2 is 1.77 bits per heavy atom. The van der Waals surface area contributed by atoms with Gasteiger partial charge in [0, 0.05) is 62.9 Å². The molecule has 0 saturated heterocycles. The first-order valence-electron chi connectivity index (χ1n) is 15.8. The minimum absolute atomic E-state index is 0.105. The van der Waals surface area contributed by atoms with E-state index >= 15 is 0 Å². The summed E-state index contributed by atoms with van der Waals surface area (Å²) in [5.41, 5.74) is -4.09. The lowest BCUT2D eigenvalue weighted by atomic mass is 9.45. The van der Waals surface area contributed by atoms with E-state index in [4.69, 9.17) is 23.7 Å². The molecule has 11 heteroatoms. The van der Waals surface area contributed by atoms with Gasteiger partial charge in [-0.25, -0.2) is 9.59 Å². The van der Waals surface area contributed by atoms with Crippen molar-refractivity contribution >= 4 is 17.7 Å². The van der Waals surface area contributed by atoms with Crippen LogP contribution in [0.5, 0.6) is 0 Å². The predicted octanol–water partition coefficient (Wildman–Crippen LogP) is 3.08. The highest BCUT2D eigenvalue weighted by Crippen LogP contribution is 2.77. The Morgan fingerprint density at radius 1 is 1.05 bits per heavy atom. The molecular formula is C33H48N2O9. The van der Waals surface area contributed by atoms with Gasteiger partial charge in [0.2, 0.25) is 0 Å². The van der Waals surface area contributed by atoms with Crippen molar-refractivity contribution in [2.24, 2.45) is 29.1 Å². The standard InChI is InChI=1S/C33H48N2O9/c1-8-35(3)26-20-16-23-30(2,44-28(36)18-11-9-10-12-21(18)34-29(37)43-7)14-13-25(41-5)32(23,26)24-15-19-22(40-4)17-31(20,38)33(24,39)27(19)42-6/h9-12,19-20,22-27,38-39H,8,13-17H2,1-7H3,(H,34,37)/t19-,20+,22+,23?,24?,25+,26?,27+,30+,31+,32?,33+/m1/s1. The molecule has 0 aromatic heterocycles. The lowest BCUT2D eigenvalue weighted by Gasteiger charge is -2.67. The summed E-state index contributed by atoms with van der Waals surface area (Å²) >= 11 is 0. The van der Waals surface area contributed by atoms with E-state index < -0.39 is 46.3 Å². The van der Waals surface area contributed by atoms with Crippen LogP contribution in [0.25, 0.3) is 0 Å². The summed E-state index contributed by atoms with van der Waals surface area (Å²) in [6, 6.07) is 6.57. The highest BCUT2D eigenvalue weighted by Gasteiger charge is 2.87. The number of nitrogens with zero attached hydrogens (tertiary/aromatic N) is 1. The van der Waals surface area contributed by atoms with Gasteiger partial charge in [0.05, 0.1) is 36.7 Å². The zero-order chi connectivity index (χ0) is 31.8. The zero-order valence-corrected chi connectivity index (χ0v) is 26.9. The summed E-state index contributed by atoms with van der Waals surface area (Å²) in [7, 11) is 8.36. The normalized spacial score (nSPS) is 45.1. The third-order valence-electron chi connectivity index (χ3n) is 12.7. The largest absolute Gasteiger partial charge is 0.455 e. The van der Waals surface area contributed by atoms with Crippen LogP contribution in [0.4, 0.5) is 10.5 Å². The maximum Gasteiger partial charge on any atom is 0.411 e. The van der Waals surface area contributed by atoms with Crippen LogP contribution in [0.2, 0.25) is 0 Å². The van der Waals surface area contributed by atoms with Gasteiger partial charge in [-0.05, 0) is 58.3 Å². The molecule has 1 spiro atoms. The highest BCUT2D eigenvalue weighted by molar-refractivity contribution is 5.99. The number of anilines is 1. The van der Waals surface area contributed by atoms with Crippen LogP contribution < -0.4 is 5.32 Å².